The maximum atomic E-state index is 3.62. The van der Waals surface area contributed by atoms with Crippen molar-refractivity contribution in [1.29, 1.82) is 0 Å². The van der Waals surface area contributed by atoms with Crippen LogP contribution in [0.2, 0.25) is 0 Å². The first-order valence-corrected chi connectivity index (χ1v) is 6.11. The Labute approximate surface area is 96.3 Å². The van der Waals surface area contributed by atoms with Crippen LogP contribution in [0.5, 0.6) is 0 Å². The van der Waals surface area contributed by atoms with Crippen molar-refractivity contribution in [2.75, 3.05) is 0 Å². The SMILES string of the molecule is Cn1c(CNC2CCC2)cc2ccccc21. The van der Waals surface area contributed by atoms with Gasteiger partial charge in [0.1, 0.15) is 0 Å². The van der Waals surface area contributed by atoms with Crippen molar-refractivity contribution in [3.8, 4) is 0 Å². The summed E-state index contributed by atoms with van der Waals surface area (Å²) in [5.74, 6) is 0. The Balaban J connectivity index is 1.82. The van der Waals surface area contributed by atoms with Gasteiger partial charge in [0.15, 0.2) is 0 Å². The van der Waals surface area contributed by atoms with Crippen molar-refractivity contribution in [1.82, 2.24) is 9.88 Å². The second-order valence-corrected chi connectivity index (χ2v) is 4.76. The number of hydrogen-bond acceptors (Lipinski definition) is 1. The summed E-state index contributed by atoms with van der Waals surface area (Å²) in [4.78, 5) is 0. The van der Waals surface area contributed by atoms with Crippen molar-refractivity contribution in [3.05, 3.63) is 36.0 Å². The molecule has 1 N–H and O–H groups in total. The molecule has 0 bridgehead atoms. The number of aromatic nitrogens is 1. The molecule has 2 nitrogen and oxygen atoms in total. The average Bonchev–Trinajstić information content (AvgIpc) is 2.55. The van der Waals surface area contributed by atoms with Gasteiger partial charge in [0.25, 0.3) is 0 Å². The molecule has 1 aliphatic carbocycles. The van der Waals surface area contributed by atoms with Crippen molar-refractivity contribution in [2.45, 2.75) is 31.8 Å². The Morgan fingerprint density at radius 1 is 1.31 bits per heavy atom. The van der Waals surface area contributed by atoms with Crippen molar-refractivity contribution < 1.29 is 0 Å². The van der Waals surface area contributed by atoms with E-state index in [0.717, 1.165) is 12.6 Å². The second-order valence-electron chi connectivity index (χ2n) is 4.76. The van der Waals surface area contributed by atoms with Gasteiger partial charge in [0.05, 0.1) is 0 Å². The fourth-order valence-electron chi connectivity index (χ4n) is 2.38. The first kappa shape index (κ1) is 9.91. The molecule has 2 heteroatoms. The Bertz CT molecular complexity index is 494. The van der Waals surface area contributed by atoms with Crippen LogP contribution in [0.25, 0.3) is 10.9 Å². The highest BCUT2D eigenvalue weighted by Crippen LogP contribution is 2.21. The molecular formula is C14H18N2. The summed E-state index contributed by atoms with van der Waals surface area (Å²) < 4.78 is 2.29. The van der Waals surface area contributed by atoms with Crippen molar-refractivity contribution in [2.24, 2.45) is 7.05 Å². The fraction of sp³-hybridized carbons (Fsp3) is 0.429. The molecule has 1 aliphatic rings. The van der Waals surface area contributed by atoms with Crippen LogP contribution in [0.3, 0.4) is 0 Å². The Morgan fingerprint density at radius 3 is 2.81 bits per heavy atom. The largest absolute Gasteiger partial charge is 0.346 e. The fourth-order valence-corrected chi connectivity index (χ4v) is 2.38. The monoisotopic (exact) mass is 214 g/mol. The molecule has 0 radical (unpaired) electrons. The number of aryl methyl sites for hydroxylation is 1. The van der Waals surface area contributed by atoms with Crippen LogP contribution in [0.15, 0.2) is 30.3 Å². The number of benzene rings is 1. The quantitative estimate of drug-likeness (QED) is 0.831. The van der Waals surface area contributed by atoms with E-state index < -0.39 is 0 Å². The third kappa shape index (κ3) is 1.63. The molecule has 1 saturated carbocycles. The molecule has 0 amide bonds. The lowest BCUT2D eigenvalue weighted by atomic mass is 9.93. The third-order valence-electron chi connectivity index (χ3n) is 3.73. The zero-order chi connectivity index (χ0) is 11.0. The van der Waals surface area contributed by atoms with E-state index in [1.807, 2.05) is 0 Å². The van der Waals surface area contributed by atoms with E-state index in [2.05, 4.69) is 47.3 Å². The van der Waals surface area contributed by atoms with Crippen LogP contribution in [0, 0.1) is 0 Å². The van der Waals surface area contributed by atoms with Gasteiger partial charge >= 0.3 is 0 Å². The van der Waals surface area contributed by atoms with E-state index in [0.29, 0.717) is 0 Å². The summed E-state index contributed by atoms with van der Waals surface area (Å²) >= 11 is 0. The average molecular weight is 214 g/mol. The molecule has 0 atom stereocenters. The van der Waals surface area contributed by atoms with Gasteiger partial charge < -0.3 is 9.88 Å². The van der Waals surface area contributed by atoms with Gasteiger partial charge in [-0.15, -0.1) is 0 Å². The number of nitrogens with zero attached hydrogens (tertiary/aromatic N) is 1. The van der Waals surface area contributed by atoms with Crippen LogP contribution < -0.4 is 5.32 Å². The minimum absolute atomic E-state index is 0.762. The molecule has 1 fully saturated rings. The third-order valence-corrected chi connectivity index (χ3v) is 3.73. The summed E-state index contributed by atoms with van der Waals surface area (Å²) in [6.07, 6.45) is 4.10. The lowest BCUT2D eigenvalue weighted by molar-refractivity contribution is 0.336. The normalized spacial score (nSPS) is 16.6. The number of hydrogen-bond donors (Lipinski definition) is 1. The zero-order valence-electron chi connectivity index (χ0n) is 9.74. The Hall–Kier alpha value is -1.28. The predicted molar refractivity (Wildman–Crippen MR) is 67.4 cm³/mol. The molecule has 84 valence electrons. The van der Waals surface area contributed by atoms with Crippen LogP contribution >= 0.6 is 0 Å². The molecule has 1 aromatic carbocycles. The highest BCUT2D eigenvalue weighted by atomic mass is 15.0. The van der Waals surface area contributed by atoms with Gasteiger partial charge in [-0.3, -0.25) is 0 Å². The molecule has 16 heavy (non-hydrogen) atoms. The van der Waals surface area contributed by atoms with E-state index in [4.69, 9.17) is 0 Å². The van der Waals surface area contributed by atoms with Gasteiger partial charge in [-0.25, -0.2) is 0 Å². The molecule has 0 aliphatic heterocycles. The van der Waals surface area contributed by atoms with Gasteiger partial charge in [-0.2, -0.15) is 0 Å². The standard InChI is InChI=1S/C14H18N2/c1-16-13(10-15-12-6-4-7-12)9-11-5-2-3-8-14(11)16/h2-3,5,8-9,12,15H,4,6-7,10H2,1H3. The molecule has 3 rings (SSSR count). The van der Waals surface area contributed by atoms with Crippen LogP contribution in [-0.2, 0) is 13.6 Å². The summed E-state index contributed by atoms with van der Waals surface area (Å²) in [6, 6.07) is 11.6. The first-order chi connectivity index (χ1) is 7.84. The Kier molecular flexibility index (Phi) is 2.44. The number of para-hydroxylation sites is 1. The molecule has 1 aromatic heterocycles. The van der Waals surface area contributed by atoms with E-state index in [1.54, 1.807) is 0 Å². The molecular weight excluding hydrogens is 196 g/mol. The van der Waals surface area contributed by atoms with Crippen LogP contribution in [-0.4, -0.2) is 10.6 Å². The van der Waals surface area contributed by atoms with Crippen LogP contribution in [0.1, 0.15) is 25.0 Å². The van der Waals surface area contributed by atoms with E-state index >= 15 is 0 Å². The van der Waals surface area contributed by atoms with Gasteiger partial charge in [0.2, 0.25) is 0 Å². The summed E-state index contributed by atoms with van der Waals surface area (Å²) in [7, 11) is 2.15. The lowest BCUT2D eigenvalue weighted by Gasteiger charge is -2.26. The summed E-state index contributed by atoms with van der Waals surface area (Å²) in [5.41, 5.74) is 2.71. The predicted octanol–water partition coefficient (Wildman–Crippen LogP) is 2.82. The second kappa shape index (κ2) is 3.95. The molecule has 2 aromatic rings. The number of fused-ring (bicyclic) bond motifs is 1. The lowest BCUT2D eigenvalue weighted by Crippen LogP contribution is -2.34. The topological polar surface area (TPSA) is 17.0 Å². The number of rotatable bonds is 3. The summed E-state index contributed by atoms with van der Waals surface area (Å²) in [6.45, 7) is 0.996. The van der Waals surface area contributed by atoms with E-state index in [-0.39, 0.29) is 0 Å². The first-order valence-electron chi connectivity index (χ1n) is 6.11. The van der Waals surface area contributed by atoms with E-state index in [1.165, 1.54) is 35.9 Å². The molecule has 0 saturated heterocycles. The van der Waals surface area contributed by atoms with E-state index in [9.17, 15) is 0 Å². The minimum atomic E-state index is 0.762. The molecule has 0 spiro atoms. The Morgan fingerprint density at radius 2 is 2.12 bits per heavy atom. The van der Waals surface area contributed by atoms with Crippen LogP contribution in [0.4, 0.5) is 0 Å². The van der Waals surface area contributed by atoms with Gasteiger partial charge in [-0.05, 0) is 30.4 Å². The molecule has 0 unspecified atom stereocenters. The highest BCUT2D eigenvalue weighted by Gasteiger charge is 2.16. The maximum absolute atomic E-state index is 3.62. The van der Waals surface area contributed by atoms with Crippen molar-refractivity contribution >= 4 is 10.9 Å². The maximum Gasteiger partial charge on any atom is 0.0480 e. The van der Waals surface area contributed by atoms with Gasteiger partial charge in [0, 0.05) is 30.8 Å². The molecule has 1 heterocycles. The smallest absolute Gasteiger partial charge is 0.0480 e. The zero-order valence-corrected chi connectivity index (χ0v) is 9.74. The summed E-state index contributed by atoms with van der Waals surface area (Å²) in [5, 5.41) is 4.96. The van der Waals surface area contributed by atoms with Crippen molar-refractivity contribution in [3.63, 3.8) is 0 Å². The van der Waals surface area contributed by atoms with Gasteiger partial charge in [-0.1, -0.05) is 24.6 Å². The highest BCUT2D eigenvalue weighted by molar-refractivity contribution is 5.81. The minimum Gasteiger partial charge on any atom is -0.346 e. The number of nitrogens with one attached hydrogen (secondary N) is 1.